The first-order chi connectivity index (χ1) is 11.9. The Morgan fingerprint density at radius 1 is 1.36 bits per heavy atom. The molecule has 1 saturated heterocycles. The predicted octanol–water partition coefficient (Wildman–Crippen LogP) is 2.79. The first-order valence-electron chi connectivity index (χ1n) is 8.86. The molecule has 0 saturated carbocycles. The third-order valence-electron chi connectivity index (χ3n) is 4.73. The van der Waals surface area contributed by atoms with E-state index in [4.69, 9.17) is 11.6 Å². The van der Waals surface area contributed by atoms with Crippen LogP contribution in [0.25, 0.3) is 0 Å². The molecule has 2 rings (SSSR count). The zero-order valence-corrected chi connectivity index (χ0v) is 16.4. The van der Waals surface area contributed by atoms with Crippen molar-refractivity contribution in [2.45, 2.75) is 45.1 Å². The molecule has 1 fully saturated rings. The molecule has 2 N–H and O–H groups in total. The van der Waals surface area contributed by atoms with Crippen molar-refractivity contribution >= 4 is 23.5 Å². The van der Waals surface area contributed by atoms with Crippen molar-refractivity contribution in [3.63, 3.8) is 0 Å². The molecule has 6 heteroatoms. The SMILES string of the molecule is CCC(=O)N1CCC(NC(=NC)NCC(C)(C)c2ccc(Cl)cc2)C1. The lowest BCUT2D eigenvalue weighted by Gasteiger charge is -2.27. The highest BCUT2D eigenvalue weighted by atomic mass is 35.5. The molecule has 5 nitrogen and oxygen atoms in total. The minimum absolute atomic E-state index is 0.0535. The molecule has 1 aliphatic heterocycles. The zero-order chi connectivity index (χ0) is 18.4. The van der Waals surface area contributed by atoms with E-state index in [-0.39, 0.29) is 17.4 Å². The summed E-state index contributed by atoms with van der Waals surface area (Å²) in [4.78, 5) is 18.0. The lowest BCUT2D eigenvalue weighted by molar-refractivity contribution is -0.129. The number of likely N-dealkylation sites (tertiary alicyclic amines) is 1. The second kappa shape index (κ2) is 8.56. The van der Waals surface area contributed by atoms with Gasteiger partial charge in [0.15, 0.2) is 5.96 Å². The topological polar surface area (TPSA) is 56.7 Å². The molecule has 1 amide bonds. The number of guanidine groups is 1. The molecule has 0 bridgehead atoms. The van der Waals surface area contributed by atoms with Gasteiger partial charge in [0.1, 0.15) is 0 Å². The summed E-state index contributed by atoms with van der Waals surface area (Å²) in [7, 11) is 1.77. The fourth-order valence-electron chi connectivity index (χ4n) is 3.02. The molecule has 0 radical (unpaired) electrons. The van der Waals surface area contributed by atoms with E-state index in [0.29, 0.717) is 6.42 Å². The Morgan fingerprint density at radius 3 is 2.64 bits per heavy atom. The van der Waals surface area contributed by atoms with Crippen LogP contribution in [0.5, 0.6) is 0 Å². The molecule has 138 valence electrons. The van der Waals surface area contributed by atoms with Crippen molar-refractivity contribution in [3.05, 3.63) is 34.9 Å². The van der Waals surface area contributed by atoms with Gasteiger partial charge in [0.05, 0.1) is 0 Å². The molecule has 1 atom stereocenters. The molecule has 0 aromatic heterocycles. The molecule has 1 aromatic rings. The van der Waals surface area contributed by atoms with E-state index in [0.717, 1.165) is 37.0 Å². The first-order valence-corrected chi connectivity index (χ1v) is 9.24. The summed E-state index contributed by atoms with van der Waals surface area (Å²) in [5.41, 5.74) is 1.17. The number of amides is 1. The Balaban J connectivity index is 1.88. The standard InChI is InChI=1S/C19H29ClN4O/c1-5-17(25)24-11-10-16(12-24)23-18(21-4)22-13-19(2,3)14-6-8-15(20)9-7-14/h6-9,16H,5,10-13H2,1-4H3,(H2,21,22,23). The third kappa shape index (κ3) is 5.36. The summed E-state index contributed by atoms with van der Waals surface area (Å²) >= 11 is 5.98. The highest BCUT2D eigenvalue weighted by molar-refractivity contribution is 6.30. The van der Waals surface area contributed by atoms with Crippen molar-refractivity contribution in [2.24, 2.45) is 4.99 Å². The Kier molecular flexibility index (Phi) is 6.71. The summed E-state index contributed by atoms with van der Waals surface area (Å²) in [6.45, 7) is 8.59. The number of hydrogen-bond acceptors (Lipinski definition) is 2. The average molecular weight is 365 g/mol. The molecule has 1 aromatic carbocycles. The highest BCUT2D eigenvalue weighted by Gasteiger charge is 2.26. The maximum absolute atomic E-state index is 11.8. The Labute approximate surface area is 155 Å². The number of carbonyl (C=O) groups excluding carboxylic acids is 1. The monoisotopic (exact) mass is 364 g/mol. The largest absolute Gasteiger partial charge is 0.356 e. The van der Waals surface area contributed by atoms with E-state index in [1.165, 1.54) is 5.56 Å². The Morgan fingerprint density at radius 2 is 2.04 bits per heavy atom. The summed E-state index contributed by atoms with van der Waals surface area (Å²) in [5, 5.41) is 7.59. The highest BCUT2D eigenvalue weighted by Crippen LogP contribution is 2.23. The Hall–Kier alpha value is -1.75. The second-order valence-electron chi connectivity index (χ2n) is 7.14. The van der Waals surface area contributed by atoms with E-state index >= 15 is 0 Å². The minimum atomic E-state index is -0.0535. The van der Waals surface area contributed by atoms with E-state index in [1.54, 1.807) is 7.05 Å². The van der Waals surface area contributed by atoms with E-state index < -0.39 is 0 Å². The van der Waals surface area contributed by atoms with Gasteiger partial charge in [-0.15, -0.1) is 0 Å². The van der Waals surface area contributed by atoms with Gasteiger partial charge < -0.3 is 15.5 Å². The fraction of sp³-hybridized carbons (Fsp3) is 0.579. The van der Waals surface area contributed by atoms with Gasteiger partial charge in [-0.1, -0.05) is 44.5 Å². The van der Waals surface area contributed by atoms with Gasteiger partial charge in [-0.05, 0) is 24.1 Å². The van der Waals surface area contributed by atoms with Crippen molar-refractivity contribution in [1.29, 1.82) is 0 Å². The lowest BCUT2D eigenvalue weighted by atomic mass is 9.85. The summed E-state index contributed by atoms with van der Waals surface area (Å²) in [6, 6.07) is 8.21. The van der Waals surface area contributed by atoms with Crippen molar-refractivity contribution < 1.29 is 4.79 Å². The Bertz CT molecular complexity index is 612. The van der Waals surface area contributed by atoms with E-state index in [9.17, 15) is 4.79 Å². The van der Waals surface area contributed by atoms with Crippen molar-refractivity contribution in [2.75, 3.05) is 26.7 Å². The van der Waals surface area contributed by atoms with Gasteiger partial charge in [-0.2, -0.15) is 0 Å². The van der Waals surface area contributed by atoms with Gasteiger partial charge in [0, 0.05) is 49.6 Å². The molecule has 0 spiro atoms. The number of nitrogens with zero attached hydrogens (tertiary/aromatic N) is 2. The van der Waals surface area contributed by atoms with Crippen molar-refractivity contribution in [1.82, 2.24) is 15.5 Å². The molecule has 1 heterocycles. The van der Waals surface area contributed by atoms with E-state index in [1.807, 2.05) is 24.0 Å². The zero-order valence-electron chi connectivity index (χ0n) is 15.6. The van der Waals surface area contributed by atoms with Gasteiger partial charge in [-0.3, -0.25) is 9.79 Å². The molecule has 1 aliphatic rings. The third-order valence-corrected chi connectivity index (χ3v) is 4.98. The number of nitrogens with one attached hydrogen (secondary N) is 2. The van der Waals surface area contributed by atoms with Crippen LogP contribution < -0.4 is 10.6 Å². The van der Waals surface area contributed by atoms with Crippen LogP contribution in [-0.4, -0.2) is 49.5 Å². The molecular weight excluding hydrogens is 336 g/mol. The maximum atomic E-state index is 11.8. The quantitative estimate of drug-likeness (QED) is 0.624. The minimum Gasteiger partial charge on any atom is -0.356 e. The molecule has 0 aliphatic carbocycles. The van der Waals surface area contributed by atoms with Gasteiger partial charge in [-0.25, -0.2) is 0 Å². The second-order valence-corrected chi connectivity index (χ2v) is 7.58. The molecular formula is C19H29ClN4O. The molecule has 1 unspecified atom stereocenters. The maximum Gasteiger partial charge on any atom is 0.222 e. The van der Waals surface area contributed by atoms with Crippen LogP contribution in [0.2, 0.25) is 5.02 Å². The number of rotatable bonds is 5. The first kappa shape index (κ1) is 19.6. The van der Waals surface area contributed by atoms with Crippen LogP contribution in [0, 0.1) is 0 Å². The van der Waals surface area contributed by atoms with Crippen LogP contribution >= 0.6 is 11.6 Å². The number of aliphatic imine (C=N–C) groups is 1. The normalized spacial score (nSPS) is 18.4. The van der Waals surface area contributed by atoms with Crippen LogP contribution in [-0.2, 0) is 10.2 Å². The number of benzene rings is 1. The number of carbonyl (C=O) groups is 1. The van der Waals surface area contributed by atoms with Crippen LogP contribution in [0.1, 0.15) is 39.2 Å². The van der Waals surface area contributed by atoms with Crippen LogP contribution in [0.15, 0.2) is 29.3 Å². The number of halogens is 1. The average Bonchev–Trinajstić information content (AvgIpc) is 3.06. The van der Waals surface area contributed by atoms with Gasteiger partial charge in [0.25, 0.3) is 0 Å². The van der Waals surface area contributed by atoms with Gasteiger partial charge >= 0.3 is 0 Å². The summed E-state index contributed by atoms with van der Waals surface area (Å²) < 4.78 is 0. The van der Waals surface area contributed by atoms with E-state index in [2.05, 4.69) is 41.6 Å². The van der Waals surface area contributed by atoms with Gasteiger partial charge in [0.2, 0.25) is 5.91 Å². The van der Waals surface area contributed by atoms with Crippen LogP contribution in [0.3, 0.4) is 0 Å². The summed E-state index contributed by atoms with van der Waals surface area (Å²) in [5.74, 6) is 0.994. The predicted molar refractivity (Wildman–Crippen MR) is 104 cm³/mol. The smallest absolute Gasteiger partial charge is 0.222 e. The molecule has 25 heavy (non-hydrogen) atoms. The van der Waals surface area contributed by atoms with Crippen molar-refractivity contribution in [3.8, 4) is 0 Å². The van der Waals surface area contributed by atoms with Crippen LogP contribution in [0.4, 0.5) is 0 Å². The lowest BCUT2D eigenvalue weighted by Crippen LogP contribution is -2.48. The summed E-state index contributed by atoms with van der Waals surface area (Å²) in [6.07, 6.45) is 1.52. The fourth-order valence-corrected chi connectivity index (χ4v) is 3.15. The number of hydrogen-bond donors (Lipinski definition) is 2.